The van der Waals surface area contributed by atoms with Crippen LogP contribution in [-0.2, 0) is 18.3 Å². The van der Waals surface area contributed by atoms with Crippen molar-refractivity contribution in [3.8, 4) is 0 Å². The summed E-state index contributed by atoms with van der Waals surface area (Å²) in [6, 6.07) is 0.0791. The topological polar surface area (TPSA) is 63.4 Å². The number of nitrogens with zero attached hydrogens (tertiary/aromatic N) is 4. The molecule has 0 aliphatic carbocycles. The predicted octanol–water partition coefficient (Wildman–Crippen LogP) is -0.992. The molecule has 15 heavy (non-hydrogen) atoms. The summed E-state index contributed by atoms with van der Waals surface area (Å²) in [5.74, 6) is 0.912. The van der Waals surface area contributed by atoms with Crippen LogP contribution in [0.1, 0.15) is 5.82 Å². The maximum Gasteiger partial charge on any atom is 0.146 e. The first-order valence-electron chi connectivity index (χ1n) is 5.07. The number of aliphatic hydroxyl groups is 1. The van der Waals surface area contributed by atoms with Gasteiger partial charge in [-0.25, -0.2) is 0 Å². The van der Waals surface area contributed by atoms with Crippen LogP contribution >= 0.6 is 0 Å². The van der Waals surface area contributed by atoms with E-state index in [0.29, 0.717) is 19.8 Å². The zero-order chi connectivity index (χ0) is 10.7. The summed E-state index contributed by atoms with van der Waals surface area (Å²) < 4.78 is 7.20. The molecule has 2 heterocycles. The lowest BCUT2D eigenvalue weighted by Gasteiger charge is -2.33. The zero-order valence-electron chi connectivity index (χ0n) is 8.83. The van der Waals surface area contributed by atoms with Gasteiger partial charge in [0.05, 0.1) is 32.4 Å². The van der Waals surface area contributed by atoms with Crippen molar-refractivity contribution >= 4 is 0 Å². The van der Waals surface area contributed by atoms with Crippen LogP contribution < -0.4 is 0 Å². The number of hydrogen-bond acceptors (Lipinski definition) is 5. The van der Waals surface area contributed by atoms with E-state index in [1.807, 2.05) is 11.6 Å². The van der Waals surface area contributed by atoms with Crippen molar-refractivity contribution in [2.45, 2.75) is 12.6 Å². The number of morpholine rings is 1. The number of rotatable bonds is 3. The minimum absolute atomic E-state index is 0.0791. The second-order valence-corrected chi connectivity index (χ2v) is 3.74. The van der Waals surface area contributed by atoms with Crippen LogP contribution in [0, 0.1) is 0 Å². The van der Waals surface area contributed by atoms with E-state index in [2.05, 4.69) is 15.1 Å². The minimum atomic E-state index is 0.0791. The van der Waals surface area contributed by atoms with Crippen molar-refractivity contribution in [1.82, 2.24) is 19.7 Å². The number of ether oxygens (including phenoxy) is 1. The summed E-state index contributed by atoms with van der Waals surface area (Å²) in [6.45, 7) is 2.98. The standard InChI is InChI=1S/C9H16N4O2/c1-12-7-10-11-9(12)4-13-2-3-15-6-8(13)5-14/h7-8,14H,2-6H2,1H3. The summed E-state index contributed by atoms with van der Waals surface area (Å²) in [5, 5.41) is 17.1. The van der Waals surface area contributed by atoms with Gasteiger partial charge < -0.3 is 14.4 Å². The van der Waals surface area contributed by atoms with E-state index in [0.717, 1.165) is 12.4 Å². The summed E-state index contributed by atoms with van der Waals surface area (Å²) in [5.41, 5.74) is 0. The lowest BCUT2D eigenvalue weighted by atomic mass is 10.2. The van der Waals surface area contributed by atoms with Gasteiger partial charge in [0, 0.05) is 13.6 Å². The molecule has 1 aromatic heterocycles. The molecule has 1 saturated heterocycles. The highest BCUT2D eigenvalue weighted by Gasteiger charge is 2.23. The molecule has 1 N–H and O–H groups in total. The molecule has 2 rings (SSSR count). The second kappa shape index (κ2) is 4.69. The van der Waals surface area contributed by atoms with Gasteiger partial charge in [-0.05, 0) is 0 Å². The molecule has 0 radical (unpaired) electrons. The van der Waals surface area contributed by atoms with Crippen LogP contribution in [0.4, 0.5) is 0 Å². The molecule has 0 bridgehead atoms. The highest BCUT2D eigenvalue weighted by molar-refractivity contribution is 4.87. The van der Waals surface area contributed by atoms with E-state index in [1.165, 1.54) is 0 Å². The van der Waals surface area contributed by atoms with Gasteiger partial charge in [-0.2, -0.15) is 0 Å². The summed E-state index contributed by atoms with van der Waals surface area (Å²) in [6.07, 6.45) is 1.68. The summed E-state index contributed by atoms with van der Waals surface area (Å²) in [7, 11) is 1.92. The van der Waals surface area contributed by atoms with Gasteiger partial charge in [-0.1, -0.05) is 0 Å². The van der Waals surface area contributed by atoms with E-state index in [9.17, 15) is 5.11 Å². The van der Waals surface area contributed by atoms with Gasteiger partial charge in [0.1, 0.15) is 12.2 Å². The fraction of sp³-hybridized carbons (Fsp3) is 0.778. The number of aryl methyl sites for hydroxylation is 1. The van der Waals surface area contributed by atoms with Crippen LogP contribution in [0.2, 0.25) is 0 Å². The van der Waals surface area contributed by atoms with E-state index in [4.69, 9.17) is 4.74 Å². The molecule has 6 heteroatoms. The molecular formula is C9H16N4O2. The Bertz CT molecular complexity index is 315. The monoisotopic (exact) mass is 212 g/mol. The third-order valence-corrected chi connectivity index (χ3v) is 2.71. The Morgan fingerprint density at radius 2 is 2.53 bits per heavy atom. The first-order chi connectivity index (χ1) is 7.31. The van der Waals surface area contributed by atoms with E-state index in [-0.39, 0.29) is 12.6 Å². The van der Waals surface area contributed by atoms with Gasteiger partial charge in [-0.3, -0.25) is 4.90 Å². The van der Waals surface area contributed by atoms with Crippen molar-refractivity contribution in [2.24, 2.45) is 7.05 Å². The van der Waals surface area contributed by atoms with Crippen molar-refractivity contribution in [3.63, 3.8) is 0 Å². The molecule has 1 aliphatic rings. The van der Waals surface area contributed by atoms with Crippen LogP contribution in [0.15, 0.2) is 6.33 Å². The highest BCUT2D eigenvalue weighted by atomic mass is 16.5. The molecule has 1 fully saturated rings. The predicted molar refractivity (Wildman–Crippen MR) is 53.1 cm³/mol. The van der Waals surface area contributed by atoms with Crippen molar-refractivity contribution in [2.75, 3.05) is 26.4 Å². The van der Waals surface area contributed by atoms with E-state index in [1.54, 1.807) is 6.33 Å². The quantitative estimate of drug-likeness (QED) is 0.697. The third-order valence-electron chi connectivity index (χ3n) is 2.71. The molecular weight excluding hydrogens is 196 g/mol. The number of aliphatic hydroxyl groups excluding tert-OH is 1. The maximum absolute atomic E-state index is 9.19. The second-order valence-electron chi connectivity index (χ2n) is 3.74. The number of hydrogen-bond donors (Lipinski definition) is 1. The Kier molecular flexibility index (Phi) is 3.30. The van der Waals surface area contributed by atoms with Crippen molar-refractivity contribution in [3.05, 3.63) is 12.2 Å². The number of aromatic nitrogens is 3. The molecule has 1 aromatic rings. The molecule has 84 valence electrons. The molecule has 0 aromatic carbocycles. The van der Waals surface area contributed by atoms with Crippen LogP contribution in [0.5, 0.6) is 0 Å². The minimum Gasteiger partial charge on any atom is -0.395 e. The zero-order valence-corrected chi connectivity index (χ0v) is 8.83. The van der Waals surface area contributed by atoms with Gasteiger partial charge in [-0.15, -0.1) is 10.2 Å². The van der Waals surface area contributed by atoms with E-state index < -0.39 is 0 Å². The van der Waals surface area contributed by atoms with E-state index >= 15 is 0 Å². The van der Waals surface area contributed by atoms with Crippen LogP contribution in [0.25, 0.3) is 0 Å². The van der Waals surface area contributed by atoms with Gasteiger partial charge in [0.2, 0.25) is 0 Å². The highest BCUT2D eigenvalue weighted by Crippen LogP contribution is 2.09. The smallest absolute Gasteiger partial charge is 0.146 e. The largest absolute Gasteiger partial charge is 0.395 e. The van der Waals surface area contributed by atoms with Gasteiger partial charge in [0.15, 0.2) is 0 Å². The summed E-state index contributed by atoms with van der Waals surface area (Å²) in [4.78, 5) is 2.17. The summed E-state index contributed by atoms with van der Waals surface area (Å²) >= 11 is 0. The molecule has 0 spiro atoms. The Morgan fingerprint density at radius 3 is 3.20 bits per heavy atom. The third kappa shape index (κ3) is 2.34. The average Bonchev–Trinajstić information content (AvgIpc) is 2.65. The first-order valence-corrected chi connectivity index (χ1v) is 5.07. The SMILES string of the molecule is Cn1cnnc1CN1CCOCC1CO. The lowest BCUT2D eigenvalue weighted by Crippen LogP contribution is -2.47. The molecule has 1 aliphatic heterocycles. The molecule has 0 saturated carbocycles. The maximum atomic E-state index is 9.19. The normalized spacial score (nSPS) is 23.2. The Morgan fingerprint density at radius 1 is 1.67 bits per heavy atom. The fourth-order valence-corrected chi connectivity index (χ4v) is 1.70. The lowest BCUT2D eigenvalue weighted by molar-refractivity contribution is -0.0326. The molecule has 6 nitrogen and oxygen atoms in total. The fourth-order valence-electron chi connectivity index (χ4n) is 1.70. The molecule has 1 atom stereocenters. The average molecular weight is 212 g/mol. The molecule has 0 amide bonds. The van der Waals surface area contributed by atoms with Crippen LogP contribution in [-0.4, -0.2) is 57.2 Å². The van der Waals surface area contributed by atoms with Gasteiger partial charge >= 0.3 is 0 Å². The van der Waals surface area contributed by atoms with Crippen molar-refractivity contribution in [1.29, 1.82) is 0 Å². The van der Waals surface area contributed by atoms with Gasteiger partial charge in [0.25, 0.3) is 0 Å². The van der Waals surface area contributed by atoms with Crippen LogP contribution in [0.3, 0.4) is 0 Å². The molecule has 1 unspecified atom stereocenters. The van der Waals surface area contributed by atoms with Crippen molar-refractivity contribution < 1.29 is 9.84 Å². The first kappa shape index (κ1) is 10.5. The Balaban J connectivity index is 2.00. The Hall–Kier alpha value is -0.980. The Labute approximate surface area is 88.5 Å².